The van der Waals surface area contributed by atoms with Gasteiger partial charge >= 0.3 is 5.97 Å². The van der Waals surface area contributed by atoms with Crippen LogP contribution in [0.1, 0.15) is 41.4 Å². The number of hydrogen-bond acceptors (Lipinski definition) is 4. The molecule has 1 aromatic heterocycles. The number of carbonyl (C=O) groups is 2. The predicted octanol–water partition coefficient (Wildman–Crippen LogP) is 5.60. The van der Waals surface area contributed by atoms with Crippen molar-refractivity contribution >= 4 is 17.6 Å². The Bertz CT molecular complexity index is 1270. The molecule has 1 saturated carbocycles. The molecule has 0 saturated heterocycles. The van der Waals surface area contributed by atoms with E-state index in [0.29, 0.717) is 29.5 Å². The fourth-order valence-corrected chi connectivity index (χ4v) is 3.78. The summed E-state index contributed by atoms with van der Waals surface area (Å²) < 4.78 is 58.8. The van der Waals surface area contributed by atoms with E-state index in [1.807, 2.05) is 0 Å². The highest BCUT2D eigenvalue weighted by atomic mass is 19.3. The van der Waals surface area contributed by atoms with Crippen LogP contribution in [0.4, 0.5) is 23.2 Å². The zero-order chi connectivity index (χ0) is 24.7. The van der Waals surface area contributed by atoms with Crippen molar-refractivity contribution in [2.75, 3.05) is 12.4 Å². The second-order valence-electron chi connectivity index (χ2n) is 8.24. The third-order valence-electron chi connectivity index (χ3n) is 5.86. The van der Waals surface area contributed by atoms with Gasteiger partial charge in [-0.2, -0.15) is 8.78 Å². The van der Waals surface area contributed by atoms with Crippen LogP contribution in [0, 0.1) is 11.6 Å². The number of ether oxygens (including phenoxy) is 1. The van der Waals surface area contributed by atoms with Crippen molar-refractivity contribution in [2.24, 2.45) is 0 Å². The average Bonchev–Trinajstić information content (AvgIpc) is 3.62. The van der Waals surface area contributed by atoms with E-state index in [9.17, 15) is 27.2 Å². The third kappa shape index (κ3) is 4.37. The van der Waals surface area contributed by atoms with E-state index in [4.69, 9.17) is 4.74 Å². The molecule has 34 heavy (non-hydrogen) atoms. The van der Waals surface area contributed by atoms with E-state index in [0.717, 1.165) is 19.1 Å². The van der Waals surface area contributed by atoms with Crippen LogP contribution in [0.3, 0.4) is 0 Å². The lowest BCUT2D eigenvalue weighted by Gasteiger charge is -2.17. The summed E-state index contributed by atoms with van der Waals surface area (Å²) in [6.07, 6.45) is 2.16. The molecule has 0 unspecified atom stereocenters. The number of rotatable bonds is 6. The molecular weight excluding hydrogens is 452 g/mol. The van der Waals surface area contributed by atoms with E-state index in [2.05, 4.69) is 10.3 Å². The first-order valence-electron chi connectivity index (χ1n) is 10.4. The predicted molar refractivity (Wildman–Crippen MR) is 116 cm³/mol. The number of methoxy groups -OCH3 is 1. The van der Waals surface area contributed by atoms with Gasteiger partial charge in [0.1, 0.15) is 5.69 Å². The molecule has 0 bridgehead atoms. The maximum absolute atomic E-state index is 13.7. The minimum atomic E-state index is -3.11. The summed E-state index contributed by atoms with van der Waals surface area (Å²) in [5.74, 6) is -6.25. The number of aromatic nitrogens is 1. The van der Waals surface area contributed by atoms with Gasteiger partial charge in [0.15, 0.2) is 11.6 Å². The van der Waals surface area contributed by atoms with Gasteiger partial charge in [0.2, 0.25) is 5.91 Å². The van der Waals surface area contributed by atoms with Gasteiger partial charge in [-0.1, -0.05) is 18.2 Å². The normalized spacial score (nSPS) is 14.4. The average molecular weight is 472 g/mol. The molecule has 3 aromatic rings. The van der Waals surface area contributed by atoms with Crippen LogP contribution in [0.2, 0.25) is 0 Å². The molecule has 1 heterocycles. The summed E-state index contributed by atoms with van der Waals surface area (Å²) in [4.78, 5) is 29.2. The molecule has 2 aromatic carbocycles. The molecule has 0 aliphatic heterocycles. The summed E-state index contributed by atoms with van der Waals surface area (Å²) in [7, 11) is 1.19. The third-order valence-corrected chi connectivity index (χ3v) is 5.86. The maximum atomic E-state index is 13.7. The molecule has 5 nitrogen and oxygen atoms in total. The zero-order valence-electron chi connectivity index (χ0n) is 18.3. The van der Waals surface area contributed by atoms with Crippen molar-refractivity contribution in [3.8, 4) is 11.1 Å². The summed E-state index contributed by atoms with van der Waals surface area (Å²) in [5.41, 5.74) is 0.142. The zero-order valence-corrected chi connectivity index (χ0v) is 18.3. The number of pyridine rings is 1. The second-order valence-corrected chi connectivity index (χ2v) is 8.24. The summed E-state index contributed by atoms with van der Waals surface area (Å²) in [5, 5.41) is 2.73. The van der Waals surface area contributed by atoms with Gasteiger partial charge in [-0.3, -0.25) is 9.78 Å². The SMILES string of the molecule is COC(=O)c1cc(NC(=O)C2(c3ccc(F)c(F)c3)CC2)ccc1-c1ccc(C(C)(F)F)nc1. The van der Waals surface area contributed by atoms with Gasteiger partial charge in [0.05, 0.1) is 18.1 Å². The summed E-state index contributed by atoms with van der Waals surface area (Å²) in [6, 6.07) is 10.5. The van der Waals surface area contributed by atoms with Crippen molar-refractivity contribution in [1.82, 2.24) is 4.98 Å². The molecule has 1 aliphatic rings. The molecule has 1 fully saturated rings. The molecule has 0 radical (unpaired) electrons. The lowest BCUT2D eigenvalue weighted by atomic mass is 9.94. The summed E-state index contributed by atoms with van der Waals surface area (Å²) >= 11 is 0. The monoisotopic (exact) mass is 472 g/mol. The highest BCUT2D eigenvalue weighted by Crippen LogP contribution is 2.49. The molecule has 1 amide bonds. The highest BCUT2D eigenvalue weighted by Gasteiger charge is 2.51. The standard InChI is InChI=1S/C25H20F4N2O3/c1-24(28,29)21-8-3-14(13-30-21)17-6-5-16(12-18(17)22(32)34-2)31-23(33)25(9-10-25)15-4-7-19(26)20(27)11-15/h3-8,11-13H,9-10H2,1-2H3,(H,31,33). The number of nitrogens with one attached hydrogen (secondary N) is 1. The van der Waals surface area contributed by atoms with Crippen LogP contribution >= 0.6 is 0 Å². The fraction of sp³-hybridized carbons (Fsp3) is 0.240. The van der Waals surface area contributed by atoms with Crippen LogP contribution in [-0.2, 0) is 20.9 Å². The van der Waals surface area contributed by atoms with Gasteiger partial charge in [0.25, 0.3) is 5.92 Å². The lowest BCUT2D eigenvalue weighted by Crippen LogP contribution is -2.28. The number of carbonyl (C=O) groups excluding carboxylic acids is 2. The number of nitrogens with zero attached hydrogens (tertiary/aromatic N) is 1. The highest BCUT2D eigenvalue weighted by molar-refractivity contribution is 6.03. The Morgan fingerprint density at radius 1 is 1.03 bits per heavy atom. The van der Waals surface area contributed by atoms with Crippen molar-refractivity contribution in [1.29, 1.82) is 0 Å². The van der Waals surface area contributed by atoms with Crippen molar-refractivity contribution in [3.63, 3.8) is 0 Å². The van der Waals surface area contributed by atoms with E-state index in [-0.39, 0.29) is 11.3 Å². The number of amides is 1. The van der Waals surface area contributed by atoms with Gasteiger partial charge in [-0.15, -0.1) is 0 Å². The molecule has 1 N–H and O–H groups in total. The molecule has 0 spiro atoms. The maximum Gasteiger partial charge on any atom is 0.338 e. The Labute approximate surface area is 192 Å². The first kappa shape index (κ1) is 23.4. The molecule has 1 aliphatic carbocycles. The lowest BCUT2D eigenvalue weighted by molar-refractivity contribution is -0.118. The van der Waals surface area contributed by atoms with E-state index < -0.39 is 40.5 Å². The Morgan fingerprint density at radius 3 is 2.32 bits per heavy atom. The second kappa shape index (κ2) is 8.55. The van der Waals surface area contributed by atoms with Crippen LogP contribution in [0.25, 0.3) is 11.1 Å². The first-order chi connectivity index (χ1) is 16.0. The Balaban J connectivity index is 1.63. The summed E-state index contributed by atoms with van der Waals surface area (Å²) in [6.45, 7) is 0.735. The van der Waals surface area contributed by atoms with Gasteiger partial charge < -0.3 is 10.1 Å². The Morgan fingerprint density at radius 2 is 1.76 bits per heavy atom. The number of benzene rings is 2. The van der Waals surface area contributed by atoms with Gasteiger partial charge in [-0.05, 0) is 54.3 Å². The number of hydrogen-bond donors (Lipinski definition) is 1. The number of alkyl halides is 2. The molecule has 176 valence electrons. The van der Waals surface area contributed by atoms with Crippen LogP contribution < -0.4 is 5.32 Å². The minimum Gasteiger partial charge on any atom is -0.465 e. The molecule has 4 rings (SSSR count). The van der Waals surface area contributed by atoms with Crippen LogP contribution in [0.15, 0.2) is 54.7 Å². The topological polar surface area (TPSA) is 68.3 Å². The fourth-order valence-electron chi connectivity index (χ4n) is 3.78. The van der Waals surface area contributed by atoms with E-state index in [1.54, 1.807) is 12.1 Å². The first-order valence-corrected chi connectivity index (χ1v) is 10.4. The van der Waals surface area contributed by atoms with Crippen LogP contribution in [-0.4, -0.2) is 24.0 Å². The van der Waals surface area contributed by atoms with E-state index in [1.165, 1.54) is 37.6 Å². The van der Waals surface area contributed by atoms with Crippen LogP contribution in [0.5, 0.6) is 0 Å². The molecule has 0 atom stereocenters. The largest absolute Gasteiger partial charge is 0.465 e. The van der Waals surface area contributed by atoms with Gasteiger partial charge in [0, 0.05) is 24.4 Å². The molecule has 9 heteroatoms. The number of anilines is 1. The Kier molecular flexibility index (Phi) is 5.89. The molecular formula is C25H20F4N2O3. The smallest absolute Gasteiger partial charge is 0.338 e. The number of halogens is 4. The minimum absolute atomic E-state index is 0.0933. The van der Waals surface area contributed by atoms with Crippen molar-refractivity contribution < 1.29 is 31.9 Å². The van der Waals surface area contributed by atoms with E-state index >= 15 is 0 Å². The van der Waals surface area contributed by atoms with Gasteiger partial charge in [-0.25, -0.2) is 13.6 Å². The quantitative estimate of drug-likeness (QED) is 0.375. The Hall–Kier alpha value is -3.75. The van der Waals surface area contributed by atoms with Crippen molar-refractivity contribution in [3.05, 3.63) is 83.2 Å². The van der Waals surface area contributed by atoms with Crippen molar-refractivity contribution in [2.45, 2.75) is 31.1 Å². The number of esters is 1.